The molecule has 4 aromatic rings. The van der Waals surface area contributed by atoms with Crippen LogP contribution < -0.4 is 4.72 Å². The summed E-state index contributed by atoms with van der Waals surface area (Å²) >= 11 is 6.79. The lowest BCUT2D eigenvalue weighted by molar-refractivity contribution is -0.140. The molecule has 1 amide bonds. The van der Waals surface area contributed by atoms with Crippen molar-refractivity contribution in [2.45, 2.75) is 30.2 Å². The summed E-state index contributed by atoms with van der Waals surface area (Å²) in [6.45, 7) is 2.30. The Bertz CT molecular complexity index is 1530. The average molecular weight is 583 g/mol. The van der Waals surface area contributed by atoms with E-state index in [0.29, 0.717) is 23.8 Å². The van der Waals surface area contributed by atoms with Crippen molar-refractivity contribution in [3.63, 3.8) is 0 Å². The molecule has 1 unspecified atom stereocenters. The highest BCUT2D eigenvalue weighted by Gasteiger charge is 2.27. The minimum Gasteiger partial charge on any atom is -0.449 e. The number of nitrogens with zero attached hydrogens (tertiary/aromatic N) is 1. The normalized spacial score (nSPS) is 11.9. The van der Waals surface area contributed by atoms with Gasteiger partial charge in [0.2, 0.25) is 0 Å². The van der Waals surface area contributed by atoms with Crippen LogP contribution in [0.4, 0.5) is 5.69 Å². The van der Waals surface area contributed by atoms with Crippen LogP contribution in [0.5, 0.6) is 0 Å². The first-order valence-electron chi connectivity index (χ1n) is 12.2. The maximum atomic E-state index is 13.5. The van der Waals surface area contributed by atoms with Crippen LogP contribution >= 0.6 is 22.9 Å². The Morgan fingerprint density at radius 1 is 0.897 bits per heavy atom. The van der Waals surface area contributed by atoms with Gasteiger partial charge in [-0.1, -0.05) is 84.4 Å². The monoisotopic (exact) mass is 582 g/mol. The van der Waals surface area contributed by atoms with Crippen molar-refractivity contribution < 1.29 is 22.7 Å². The van der Waals surface area contributed by atoms with Gasteiger partial charge in [-0.15, -0.1) is 11.3 Å². The van der Waals surface area contributed by atoms with E-state index in [1.165, 1.54) is 31.2 Å². The molecule has 1 N–H and O–H groups in total. The Hall–Kier alpha value is -3.66. The Morgan fingerprint density at radius 2 is 1.51 bits per heavy atom. The predicted molar refractivity (Wildman–Crippen MR) is 153 cm³/mol. The molecular formula is C29H27ClN2O5S2. The molecule has 10 heteroatoms. The fourth-order valence-electron chi connectivity index (χ4n) is 3.90. The summed E-state index contributed by atoms with van der Waals surface area (Å²) in [6, 6.07) is 28.3. The lowest BCUT2D eigenvalue weighted by Crippen LogP contribution is -2.40. The van der Waals surface area contributed by atoms with Crippen molar-refractivity contribution in [1.29, 1.82) is 0 Å². The number of para-hydroxylation sites is 1. The van der Waals surface area contributed by atoms with Gasteiger partial charge < -0.3 is 9.64 Å². The number of ether oxygens (including phenoxy) is 1. The van der Waals surface area contributed by atoms with Crippen LogP contribution in [0.2, 0.25) is 4.34 Å². The van der Waals surface area contributed by atoms with Crippen molar-refractivity contribution >= 4 is 50.5 Å². The summed E-state index contributed by atoms with van der Waals surface area (Å²) in [6.07, 6.45) is -0.463. The van der Waals surface area contributed by atoms with Gasteiger partial charge in [-0.05, 0) is 48.7 Å². The van der Waals surface area contributed by atoms with Gasteiger partial charge in [0.05, 0.1) is 15.6 Å². The summed E-state index contributed by atoms with van der Waals surface area (Å²) in [5, 5.41) is 0. The summed E-state index contributed by atoms with van der Waals surface area (Å²) in [5.41, 5.74) is 2.06. The number of benzene rings is 3. The predicted octanol–water partition coefficient (Wildman–Crippen LogP) is 6.02. The molecular weight excluding hydrogens is 556 g/mol. The number of amides is 1. The van der Waals surface area contributed by atoms with E-state index in [0.717, 1.165) is 22.5 Å². The molecule has 4 rings (SSSR count). The van der Waals surface area contributed by atoms with E-state index >= 15 is 0 Å². The lowest BCUT2D eigenvalue weighted by atomic mass is 10.1. The van der Waals surface area contributed by atoms with Gasteiger partial charge in [0.25, 0.3) is 15.9 Å². The van der Waals surface area contributed by atoms with E-state index < -0.39 is 22.1 Å². The number of halogens is 1. The average Bonchev–Trinajstić information content (AvgIpc) is 3.39. The highest BCUT2D eigenvalue weighted by molar-refractivity contribution is 7.94. The SMILES string of the molecule is CC(OC(=O)c1ccccc1NS(=O)(=O)c1ccc(Cl)s1)C(=O)N(CCc1ccccc1)Cc1ccccc1. The Morgan fingerprint density at radius 3 is 2.15 bits per heavy atom. The summed E-state index contributed by atoms with van der Waals surface area (Å²) in [7, 11) is -3.97. The molecule has 0 saturated heterocycles. The minimum atomic E-state index is -3.97. The molecule has 0 aliphatic carbocycles. The largest absolute Gasteiger partial charge is 0.449 e. The van der Waals surface area contributed by atoms with E-state index in [-0.39, 0.29) is 21.4 Å². The third kappa shape index (κ3) is 7.69. The number of esters is 1. The quantitative estimate of drug-likeness (QED) is 0.218. The van der Waals surface area contributed by atoms with Crippen molar-refractivity contribution in [2.24, 2.45) is 0 Å². The first-order chi connectivity index (χ1) is 18.7. The molecule has 0 saturated carbocycles. The number of sulfonamides is 1. The maximum Gasteiger partial charge on any atom is 0.341 e. The van der Waals surface area contributed by atoms with Crippen molar-refractivity contribution in [2.75, 3.05) is 11.3 Å². The molecule has 0 aliphatic rings. The third-order valence-corrected chi connectivity index (χ3v) is 8.97. The molecule has 3 aromatic carbocycles. The summed E-state index contributed by atoms with van der Waals surface area (Å²) in [4.78, 5) is 28.2. The number of hydrogen-bond donors (Lipinski definition) is 1. The van der Waals surface area contributed by atoms with Gasteiger partial charge >= 0.3 is 5.97 Å². The van der Waals surface area contributed by atoms with E-state index in [1.54, 1.807) is 17.0 Å². The number of rotatable bonds is 11. The zero-order valence-electron chi connectivity index (χ0n) is 21.1. The fraction of sp³-hybridized carbons (Fsp3) is 0.172. The Kier molecular flexibility index (Phi) is 9.40. The molecule has 0 fully saturated rings. The number of hydrogen-bond acceptors (Lipinski definition) is 6. The first kappa shape index (κ1) is 28.4. The van der Waals surface area contributed by atoms with Crippen LogP contribution in [0, 0.1) is 0 Å². The van der Waals surface area contributed by atoms with Crippen LogP contribution in [-0.4, -0.2) is 37.8 Å². The van der Waals surface area contributed by atoms with Crippen molar-refractivity contribution in [1.82, 2.24) is 4.90 Å². The molecule has 1 atom stereocenters. The molecule has 0 bridgehead atoms. The second-order valence-electron chi connectivity index (χ2n) is 8.74. The van der Waals surface area contributed by atoms with Gasteiger partial charge in [0.15, 0.2) is 6.10 Å². The highest BCUT2D eigenvalue weighted by atomic mass is 35.5. The highest BCUT2D eigenvalue weighted by Crippen LogP contribution is 2.28. The van der Waals surface area contributed by atoms with Gasteiger partial charge in [-0.3, -0.25) is 9.52 Å². The molecule has 202 valence electrons. The Balaban J connectivity index is 1.48. The second-order valence-corrected chi connectivity index (χ2v) is 12.4. The number of nitrogens with one attached hydrogen (secondary N) is 1. The van der Waals surface area contributed by atoms with E-state index in [2.05, 4.69) is 4.72 Å². The van der Waals surface area contributed by atoms with Crippen LogP contribution in [-0.2, 0) is 32.5 Å². The van der Waals surface area contributed by atoms with Crippen LogP contribution in [0.15, 0.2) is 101 Å². The van der Waals surface area contributed by atoms with Gasteiger partial charge in [-0.2, -0.15) is 0 Å². The van der Waals surface area contributed by atoms with E-state index in [1.807, 2.05) is 60.7 Å². The zero-order chi connectivity index (χ0) is 27.8. The number of anilines is 1. The first-order valence-corrected chi connectivity index (χ1v) is 14.9. The molecule has 39 heavy (non-hydrogen) atoms. The summed E-state index contributed by atoms with van der Waals surface area (Å²) in [5.74, 6) is -1.17. The second kappa shape index (κ2) is 12.9. The van der Waals surface area contributed by atoms with Gasteiger partial charge in [-0.25, -0.2) is 13.2 Å². The molecule has 1 heterocycles. The van der Waals surface area contributed by atoms with Crippen LogP contribution in [0.3, 0.4) is 0 Å². The molecule has 0 spiro atoms. The van der Waals surface area contributed by atoms with Crippen molar-refractivity contribution in [3.05, 3.63) is 118 Å². The van der Waals surface area contributed by atoms with Gasteiger partial charge in [0, 0.05) is 13.1 Å². The Labute approximate surface area is 237 Å². The van der Waals surface area contributed by atoms with Crippen LogP contribution in [0.25, 0.3) is 0 Å². The third-order valence-electron chi connectivity index (χ3n) is 5.88. The van der Waals surface area contributed by atoms with Crippen molar-refractivity contribution in [3.8, 4) is 0 Å². The van der Waals surface area contributed by atoms with Crippen LogP contribution in [0.1, 0.15) is 28.4 Å². The van der Waals surface area contributed by atoms with Gasteiger partial charge in [0.1, 0.15) is 4.21 Å². The lowest BCUT2D eigenvalue weighted by Gasteiger charge is -2.26. The molecule has 7 nitrogen and oxygen atoms in total. The molecule has 0 radical (unpaired) electrons. The maximum absolute atomic E-state index is 13.5. The fourth-order valence-corrected chi connectivity index (χ4v) is 6.46. The van der Waals surface area contributed by atoms with E-state index in [9.17, 15) is 18.0 Å². The topological polar surface area (TPSA) is 92.8 Å². The number of thiophene rings is 1. The number of carbonyl (C=O) groups is 2. The number of carbonyl (C=O) groups excluding carboxylic acids is 2. The standard InChI is InChI=1S/C29H27ClN2O5S2/c1-21(28(33)32(20-23-12-6-3-7-13-23)19-18-22-10-4-2-5-11-22)37-29(34)24-14-8-9-15-25(24)31-39(35,36)27-17-16-26(30)38-27/h2-17,21,31H,18-20H2,1H3. The molecule has 0 aliphatic heterocycles. The van der Waals surface area contributed by atoms with E-state index in [4.69, 9.17) is 16.3 Å². The minimum absolute atomic E-state index is 0.00851. The zero-order valence-corrected chi connectivity index (χ0v) is 23.5. The summed E-state index contributed by atoms with van der Waals surface area (Å²) < 4.78 is 33.9. The molecule has 1 aromatic heterocycles. The smallest absolute Gasteiger partial charge is 0.341 e.